The molecule has 4 heteroatoms. The quantitative estimate of drug-likeness (QED) is 0.809. The van der Waals surface area contributed by atoms with Crippen molar-refractivity contribution in [3.8, 4) is 0 Å². The zero-order valence-electron chi connectivity index (χ0n) is 9.95. The molecular formula is C13H16N2O2. The highest BCUT2D eigenvalue weighted by Gasteiger charge is 2.26. The van der Waals surface area contributed by atoms with Gasteiger partial charge in [-0.05, 0) is 43.7 Å². The largest absolute Gasteiger partial charge is 0.465 e. The van der Waals surface area contributed by atoms with Crippen LogP contribution in [-0.4, -0.2) is 24.1 Å². The fraction of sp³-hybridized carbons (Fsp3) is 0.538. The summed E-state index contributed by atoms with van der Waals surface area (Å²) in [4.78, 5) is 16.3. The van der Waals surface area contributed by atoms with Crippen LogP contribution in [0.25, 0.3) is 0 Å². The van der Waals surface area contributed by atoms with Crippen LogP contribution in [-0.2, 0) is 17.6 Å². The van der Waals surface area contributed by atoms with Gasteiger partial charge < -0.3 is 10.1 Å². The summed E-state index contributed by atoms with van der Waals surface area (Å²) in [5, 5.41) is 3.32. The van der Waals surface area contributed by atoms with Gasteiger partial charge in [0.1, 0.15) is 11.4 Å². The maximum atomic E-state index is 11.7. The normalized spacial score (nSPS) is 17.7. The Balaban J connectivity index is 1.99. The minimum Gasteiger partial charge on any atom is -0.465 e. The van der Waals surface area contributed by atoms with Crippen LogP contribution in [0.3, 0.4) is 0 Å². The Labute approximate surface area is 100 Å². The van der Waals surface area contributed by atoms with Crippen molar-refractivity contribution in [3.05, 3.63) is 22.9 Å². The summed E-state index contributed by atoms with van der Waals surface area (Å²) in [5.74, 6) is 0.412. The number of rotatable bonds is 3. The molecule has 1 saturated carbocycles. The van der Waals surface area contributed by atoms with Gasteiger partial charge in [0.05, 0.1) is 7.11 Å². The van der Waals surface area contributed by atoms with Crippen LogP contribution < -0.4 is 5.32 Å². The zero-order valence-corrected chi connectivity index (χ0v) is 9.95. The molecule has 0 atom stereocenters. The van der Waals surface area contributed by atoms with Gasteiger partial charge in [0.2, 0.25) is 0 Å². The molecule has 0 spiro atoms. The highest BCUT2D eigenvalue weighted by atomic mass is 16.5. The van der Waals surface area contributed by atoms with E-state index in [4.69, 9.17) is 4.74 Å². The van der Waals surface area contributed by atoms with Crippen LogP contribution in [0.4, 0.5) is 5.82 Å². The molecule has 0 amide bonds. The molecule has 90 valence electrons. The topological polar surface area (TPSA) is 51.2 Å². The molecule has 0 aliphatic heterocycles. The third kappa shape index (κ3) is 1.99. The van der Waals surface area contributed by atoms with E-state index in [0.717, 1.165) is 25.0 Å². The summed E-state index contributed by atoms with van der Waals surface area (Å²) in [6.45, 7) is 0. The lowest BCUT2D eigenvalue weighted by Gasteiger charge is -2.11. The number of methoxy groups -OCH3 is 1. The second-order valence-electron chi connectivity index (χ2n) is 4.75. The van der Waals surface area contributed by atoms with Crippen LogP contribution in [0.5, 0.6) is 0 Å². The number of hydrogen-bond donors (Lipinski definition) is 1. The van der Waals surface area contributed by atoms with Gasteiger partial charge in [0.15, 0.2) is 0 Å². The average molecular weight is 232 g/mol. The molecule has 1 heterocycles. The van der Waals surface area contributed by atoms with Crippen molar-refractivity contribution < 1.29 is 9.53 Å². The molecule has 3 rings (SSSR count). The van der Waals surface area contributed by atoms with E-state index in [-0.39, 0.29) is 5.97 Å². The van der Waals surface area contributed by atoms with Crippen molar-refractivity contribution in [2.75, 3.05) is 12.4 Å². The predicted molar refractivity (Wildman–Crippen MR) is 64.2 cm³/mol. The SMILES string of the molecule is COC(=O)c1cc2c(nc1NC1CC1)CCC2. The van der Waals surface area contributed by atoms with E-state index >= 15 is 0 Å². The highest BCUT2D eigenvalue weighted by molar-refractivity contribution is 5.95. The second-order valence-corrected chi connectivity index (χ2v) is 4.75. The highest BCUT2D eigenvalue weighted by Crippen LogP contribution is 2.29. The minimum atomic E-state index is -0.296. The van der Waals surface area contributed by atoms with E-state index in [9.17, 15) is 4.79 Å². The molecule has 17 heavy (non-hydrogen) atoms. The second kappa shape index (κ2) is 4.02. The first-order valence-corrected chi connectivity index (χ1v) is 6.15. The van der Waals surface area contributed by atoms with Crippen molar-refractivity contribution in [1.82, 2.24) is 4.98 Å². The van der Waals surface area contributed by atoms with Crippen LogP contribution in [0.15, 0.2) is 6.07 Å². The number of nitrogens with zero attached hydrogens (tertiary/aromatic N) is 1. The smallest absolute Gasteiger partial charge is 0.341 e. The van der Waals surface area contributed by atoms with E-state index in [2.05, 4.69) is 10.3 Å². The summed E-state index contributed by atoms with van der Waals surface area (Å²) >= 11 is 0. The Morgan fingerprint density at radius 2 is 2.29 bits per heavy atom. The zero-order chi connectivity index (χ0) is 11.8. The van der Waals surface area contributed by atoms with Gasteiger partial charge in [0, 0.05) is 11.7 Å². The van der Waals surface area contributed by atoms with Gasteiger partial charge in [-0.2, -0.15) is 0 Å². The lowest BCUT2D eigenvalue weighted by Crippen LogP contribution is -2.13. The Kier molecular flexibility index (Phi) is 2.50. The Morgan fingerprint density at radius 1 is 1.47 bits per heavy atom. The monoisotopic (exact) mass is 232 g/mol. The van der Waals surface area contributed by atoms with E-state index < -0.39 is 0 Å². The number of aromatic nitrogens is 1. The average Bonchev–Trinajstić information content (AvgIpc) is 3.03. The van der Waals surface area contributed by atoms with Gasteiger partial charge in [-0.25, -0.2) is 9.78 Å². The molecule has 0 bridgehead atoms. The third-order valence-electron chi connectivity index (χ3n) is 3.37. The number of anilines is 1. The first-order chi connectivity index (χ1) is 8.28. The first-order valence-electron chi connectivity index (χ1n) is 6.15. The molecule has 0 unspecified atom stereocenters. The van der Waals surface area contributed by atoms with Crippen molar-refractivity contribution in [2.45, 2.75) is 38.1 Å². The molecule has 1 fully saturated rings. The number of fused-ring (bicyclic) bond motifs is 1. The van der Waals surface area contributed by atoms with E-state index in [1.54, 1.807) is 0 Å². The number of carbonyl (C=O) groups excluding carboxylic acids is 1. The molecule has 0 aromatic carbocycles. The molecule has 4 nitrogen and oxygen atoms in total. The summed E-state index contributed by atoms with van der Waals surface area (Å²) in [7, 11) is 1.41. The van der Waals surface area contributed by atoms with Gasteiger partial charge in [-0.1, -0.05) is 0 Å². The van der Waals surface area contributed by atoms with Crippen molar-refractivity contribution in [1.29, 1.82) is 0 Å². The Morgan fingerprint density at radius 3 is 3.00 bits per heavy atom. The van der Waals surface area contributed by atoms with E-state index in [1.807, 2.05) is 6.07 Å². The molecule has 2 aliphatic carbocycles. The Bertz CT molecular complexity index is 467. The summed E-state index contributed by atoms with van der Waals surface area (Å²) < 4.78 is 4.82. The van der Waals surface area contributed by atoms with Crippen LogP contribution in [0.1, 0.15) is 40.9 Å². The number of aryl methyl sites for hydroxylation is 2. The first kappa shape index (κ1) is 10.6. The van der Waals surface area contributed by atoms with Crippen molar-refractivity contribution >= 4 is 11.8 Å². The van der Waals surface area contributed by atoms with Crippen molar-refractivity contribution in [3.63, 3.8) is 0 Å². The van der Waals surface area contributed by atoms with Crippen LogP contribution in [0.2, 0.25) is 0 Å². The molecule has 0 saturated heterocycles. The number of nitrogens with one attached hydrogen (secondary N) is 1. The summed E-state index contributed by atoms with van der Waals surface area (Å²) in [5.41, 5.74) is 2.92. The fourth-order valence-electron chi connectivity index (χ4n) is 2.27. The number of pyridine rings is 1. The lowest BCUT2D eigenvalue weighted by molar-refractivity contribution is 0.0601. The molecule has 0 radical (unpaired) electrons. The number of esters is 1. The van der Waals surface area contributed by atoms with Crippen LogP contribution >= 0.6 is 0 Å². The molecule has 2 aliphatic rings. The lowest BCUT2D eigenvalue weighted by atomic mass is 10.1. The van der Waals surface area contributed by atoms with E-state index in [1.165, 1.54) is 25.5 Å². The third-order valence-corrected chi connectivity index (χ3v) is 3.37. The van der Waals surface area contributed by atoms with Crippen molar-refractivity contribution in [2.24, 2.45) is 0 Å². The predicted octanol–water partition coefficient (Wildman–Crippen LogP) is 1.93. The van der Waals surface area contributed by atoms with E-state index in [0.29, 0.717) is 17.4 Å². The number of hydrogen-bond acceptors (Lipinski definition) is 4. The van der Waals surface area contributed by atoms with Crippen LogP contribution in [0, 0.1) is 0 Å². The van der Waals surface area contributed by atoms with Gasteiger partial charge >= 0.3 is 5.97 Å². The van der Waals surface area contributed by atoms with Gasteiger partial charge in [-0.3, -0.25) is 0 Å². The van der Waals surface area contributed by atoms with Gasteiger partial charge in [0.25, 0.3) is 0 Å². The maximum Gasteiger partial charge on any atom is 0.341 e. The Hall–Kier alpha value is -1.58. The summed E-state index contributed by atoms with van der Waals surface area (Å²) in [6.07, 6.45) is 5.51. The summed E-state index contributed by atoms with van der Waals surface area (Å²) in [6, 6.07) is 2.44. The number of ether oxygens (including phenoxy) is 1. The minimum absolute atomic E-state index is 0.296. The van der Waals surface area contributed by atoms with Gasteiger partial charge in [-0.15, -0.1) is 0 Å². The molecule has 1 aromatic heterocycles. The fourth-order valence-corrected chi connectivity index (χ4v) is 2.27. The standard InChI is InChI=1S/C13H16N2O2/c1-17-13(16)10-7-8-3-2-4-11(8)15-12(10)14-9-5-6-9/h7,9H,2-6H2,1H3,(H,14,15). The molecule has 1 N–H and O–H groups in total. The molecular weight excluding hydrogens is 216 g/mol. The number of carbonyl (C=O) groups is 1. The molecule has 1 aromatic rings. The maximum absolute atomic E-state index is 11.7.